The van der Waals surface area contributed by atoms with Gasteiger partial charge in [0.25, 0.3) is 0 Å². The summed E-state index contributed by atoms with van der Waals surface area (Å²) in [5, 5.41) is 9.00. The second kappa shape index (κ2) is 32.3. The smallest absolute Gasteiger partial charge is 0.0633 e. The Balaban J connectivity index is 1.64. The molecule has 9 heterocycles. The van der Waals surface area contributed by atoms with Gasteiger partial charge in [0.15, 0.2) is 0 Å². The molecule has 107 heavy (non-hydrogen) atoms. The third-order valence-corrected chi connectivity index (χ3v) is 595. The Labute approximate surface area is 684 Å². The molecule has 2 aromatic rings. The van der Waals surface area contributed by atoms with Crippen LogP contribution in [-0.2, 0) is 0 Å². The summed E-state index contributed by atoms with van der Waals surface area (Å²) in [5.74, 6) is 14.8. The first-order chi connectivity index (χ1) is 48.9. The lowest BCUT2D eigenvalue weighted by molar-refractivity contribution is 0.673. The minimum Gasteiger partial charge on any atom is -0.0721 e. The fourth-order valence-electron chi connectivity index (χ4n) is 38.6. The third-order valence-electron chi connectivity index (χ3n) is 32.3. The van der Waals surface area contributed by atoms with Crippen molar-refractivity contribution in [2.24, 2.45) is 107 Å². The normalized spacial score (nSPS) is 28.7. The molecule has 0 aromatic heterocycles. The Morgan fingerprint density at radius 2 is 0.243 bits per heavy atom. The monoisotopic (exact) mass is 1750 g/mol. The molecule has 11 rings (SSSR count). The van der Waals surface area contributed by atoms with Gasteiger partial charge in [0.2, 0.25) is 0 Å². The zero-order valence-corrected chi connectivity index (χ0v) is 97.2. The van der Waals surface area contributed by atoms with Crippen molar-refractivity contribution in [2.75, 3.05) is 0 Å². The van der Waals surface area contributed by atoms with Gasteiger partial charge >= 0.3 is 0 Å². The molecule has 0 nitrogen and oxygen atoms in total. The molecule has 0 radical (unpaired) electrons. The van der Waals surface area contributed by atoms with Crippen LogP contribution in [0.1, 0.15) is 249 Å². The van der Waals surface area contributed by atoms with Crippen LogP contribution < -0.4 is 20.7 Å². The van der Waals surface area contributed by atoms with Crippen molar-refractivity contribution in [3.05, 3.63) is 48.5 Å². The highest BCUT2D eigenvalue weighted by Gasteiger charge is 3.12. The molecule has 616 valence electrons. The van der Waals surface area contributed by atoms with Crippen LogP contribution in [0.5, 0.6) is 0 Å². The van der Waals surface area contributed by atoms with Crippen molar-refractivity contribution in [1.29, 1.82) is 0 Å². The topological polar surface area (TPSA) is 0 Å². The van der Waals surface area contributed by atoms with Gasteiger partial charge in [0, 0.05) is 91.5 Å². The molecule has 9 fully saturated rings. The van der Waals surface area contributed by atoms with Crippen LogP contribution >= 0.6 is 0 Å². The largest absolute Gasteiger partial charge is 0.0721 e. The molecular formula is C90H188Si17. The molecule has 0 N–H and O–H groups in total. The minimum atomic E-state index is -2.24. The molecule has 6 bridgehead atoms. The van der Waals surface area contributed by atoms with Crippen LogP contribution in [-0.4, -0.2) is 118 Å². The molecule has 9 saturated heterocycles. The van der Waals surface area contributed by atoms with Crippen molar-refractivity contribution >= 4 is 139 Å². The van der Waals surface area contributed by atoms with Gasteiger partial charge in [0.1, 0.15) is 0 Å². The third kappa shape index (κ3) is 12.2. The quantitative estimate of drug-likeness (QED) is 0.0581. The van der Waals surface area contributed by atoms with Crippen molar-refractivity contribution in [2.45, 2.75) is 397 Å². The van der Waals surface area contributed by atoms with Crippen molar-refractivity contribution < 1.29 is 0 Å². The number of rotatable bonds is 42. The van der Waals surface area contributed by atoms with Crippen LogP contribution in [0.3, 0.4) is 0 Å². The van der Waals surface area contributed by atoms with Crippen molar-refractivity contribution in [3.63, 3.8) is 0 Å². The fraction of sp³-hybridized carbons (Fsp3) is 0.867. The van der Waals surface area contributed by atoms with Crippen LogP contribution in [0.2, 0.25) is 148 Å². The summed E-state index contributed by atoms with van der Waals surface area (Å²) in [6.07, 6.45) is -3.44. The van der Waals surface area contributed by atoms with E-state index in [-0.39, 0.29) is 0 Å². The van der Waals surface area contributed by atoms with Gasteiger partial charge in [-0.2, -0.15) is 0 Å². The first-order valence-corrected chi connectivity index (χ1v) is 108. The van der Waals surface area contributed by atoms with Gasteiger partial charge in [-0.1, -0.05) is 467 Å². The average Bonchev–Trinajstić information content (AvgIpc) is 0.573. The summed E-state index contributed by atoms with van der Waals surface area (Å²) in [7, 11) is -20.3. The predicted molar refractivity (Wildman–Crippen MR) is 538 cm³/mol. The summed E-state index contributed by atoms with van der Waals surface area (Å²) in [5.41, 5.74) is 0. The molecule has 9 aliphatic heterocycles. The first kappa shape index (κ1) is 94.6. The predicted octanol–water partition coefficient (Wildman–Crippen LogP) is 26.1. The zero-order chi connectivity index (χ0) is 81.6. The molecule has 0 spiro atoms. The van der Waals surface area contributed by atoms with E-state index in [0.717, 1.165) is 107 Å². The lowest BCUT2D eigenvalue weighted by atomic mass is 10.3. The van der Waals surface area contributed by atoms with E-state index in [2.05, 4.69) is 358 Å². The second-order valence-corrected chi connectivity index (χ2v) is 253. The molecule has 0 amide bonds. The second-order valence-electron chi connectivity index (χ2n) is 50.7. The standard InChI is InChI=1S/C90H188Si17/c1-69(2)51-93(52-70(3)4)102(87-43-47-89(48-44-87)104-96(57-75(13)14,58-76(15)16)106(91(37,38)39,97(104,59-77(17)18)60-78(19)20)98(104,61-79(21)22)62-80(23)24)94(53-71(5)6,54-72(7)8)103(93,95(102,55-73(9)10)56-74(11)12)88-45-49-90(50-46-88)105-99(63-81(25)26,64-82(27)28)107(92(40,41)42,100(105,65-83(29)30)66-84(31)32)101(105,67-85(33)34)68-86(35)36/h43-50,69-86H,51-68H2,1-42H3. The summed E-state index contributed by atoms with van der Waals surface area (Å²) in [4.78, 5) is 0. The highest BCUT2D eigenvalue weighted by Crippen LogP contribution is 2.84. The molecular weight excluding hydrogens is 1560 g/mol. The number of benzene rings is 2. The van der Waals surface area contributed by atoms with Crippen LogP contribution in [0, 0.1) is 107 Å². The number of hydrogen-bond donors (Lipinski definition) is 0. The fourth-order valence-corrected chi connectivity index (χ4v) is 1170. The van der Waals surface area contributed by atoms with E-state index < -0.39 is 118 Å². The Kier molecular flexibility index (Phi) is 28.5. The highest BCUT2D eigenvalue weighted by molar-refractivity contribution is 8.57. The molecule has 2 aromatic carbocycles. The van der Waals surface area contributed by atoms with Crippen molar-refractivity contribution in [1.82, 2.24) is 0 Å². The van der Waals surface area contributed by atoms with Gasteiger partial charge in [-0.15, -0.1) is 0 Å². The van der Waals surface area contributed by atoms with E-state index in [0.29, 0.717) is 0 Å². The molecule has 9 aliphatic rings. The van der Waals surface area contributed by atoms with Crippen LogP contribution in [0.15, 0.2) is 48.5 Å². The summed E-state index contributed by atoms with van der Waals surface area (Å²) in [6.45, 7) is 112. The summed E-state index contributed by atoms with van der Waals surface area (Å²) >= 11 is 0. The van der Waals surface area contributed by atoms with E-state index in [1.165, 1.54) is 0 Å². The van der Waals surface area contributed by atoms with Crippen molar-refractivity contribution in [3.8, 4) is 0 Å². The first-order valence-electron chi connectivity index (χ1n) is 47.1. The summed E-state index contributed by atoms with van der Waals surface area (Å²) in [6, 6.07) is 57.9. The summed E-state index contributed by atoms with van der Waals surface area (Å²) < 4.78 is 0. The zero-order valence-electron chi connectivity index (χ0n) is 80.2. The Hall–Kier alpha value is 2.13. The van der Waals surface area contributed by atoms with Gasteiger partial charge in [0.05, 0.1) is 26.5 Å². The Morgan fingerprint density at radius 1 is 0.159 bits per heavy atom. The molecule has 0 unspecified atom stereocenters. The molecule has 17 heteroatoms. The van der Waals surface area contributed by atoms with Gasteiger partial charge in [-0.25, -0.2) is 0 Å². The van der Waals surface area contributed by atoms with E-state index in [1.54, 1.807) is 109 Å². The van der Waals surface area contributed by atoms with E-state index >= 15 is 0 Å². The molecule has 0 saturated carbocycles. The maximum absolute atomic E-state index is 3.38. The maximum atomic E-state index is 3.38. The van der Waals surface area contributed by atoms with Crippen LogP contribution in [0.25, 0.3) is 0 Å². The van der Waals surface area contributed by atoms with Gasteiger partial charge in [-0.05, 0) is 107 Å². The van der Waals surface area contributed by atoms with E-state index in [1.807, 2.05) is 0 Å². The minimum absolute atomic E-state index is 0.784. The Bertz CT molecular complexity index is 2770. The van der Waals surface area contributed by atoms with Gasteiger partial charge < -0.3 is 0 Å². The average molecular weight is 1750 g/mol. The maximum Gasteiger partial charge on any atom is 0.0633 e. The highest BCUT2D eigenvalue weighted by atomic mass is 30.7. The van der Waals surface area contributed by atoms with Gasteiger partial charge in [-0.3, -0.25) is 0 Å². The SMILES string of the molecule is CC(C)C[Si]1(CC(C)C)[Si]2(c3ccc([Si]45[Si](CC(C)C)(CC(C)C)[Si]([Si](C)(C)C)([Si]4(CC(C)C)CC(C)C)[Si]5(CC(C)C)CC(C)C)cc3)[Si](CC(C)C)(CC(C)C)[Si]1(c1ccc([Si]34[Si](CC(C)C)(CC(C)C)[Si]([Si](C)(C)C)([Si]3(CC(C)C)CC(C)C)[Si]4(CC(C)C)CC(C)C)cc1)[Si]2(CC(C)C)CC(C)C. The Morgan fingerprint density at radius 3 is 0.327 bits per heavy atom. The molecule has 0 aliphatic carbocycles. The lowest BCUT2D eigenvalue weighted by Gasteiger charge is -3.03. The lowest BCUT2D eigenvalue weighted by Crippen LogP contribution is -3.36. The van der Waals surface area contributed by atoms with E-state index in [4.69, 9.17) is 0 Å². The van der Waals surface area contributed by atoms with Crippen LogP contribution in [0.4, 0.5) is 0 Å². The van der Waals surface area contributed by atoms with E-state index in [9.17, 15) is 0 Å². The number of hydrogen-bond acceptors (Lipinski definition) is 0. The molecule has 0 atom stereocenters.